The Kier molecular flexibility index (Phi) is 6.54. The first-order valence-electron chi connectivity index (χ1n) is 10.7. The van der Waals surface area contributed by atoms with E-state index in [9.17, 15) is 4.79 Å². The molecule has 4 rings (SSSR count). The van der Waals surface area contributed by atoms with Crippen LogP contribution in [0.25, 0.3) is 11.0 Å². The van der Waals surface area contributed by atoms with E-state index in [-0.39, 0.29) is 12.1 Å². The summed E-state index contributed by atoms with van der Waals surface area (Å²) in [5, 5.41) is 1.18. The minimum Gasteiger partial charge on any atom is -0.462 e. The summed E-state index contributed by atoms with van der Waals surface area (Å²) in [5.74, 6) is 0. The molecule has 6 nitrogen and oxygen atoms in total. The molecule has 3 aromatic rings. The second-order valence-electron chi connectivity index (χ2n) is 8.99. The van der Waals surface area contributed by atoms with Gasteiger partial charge in [0.05, 0.1) is 23.6 Å². The number of carbonyl (C=O) groups is 1. The molecular weight excluding hydrogens is 449 g/mol. The lowest BCUT2D eigenvalue weighted by atomic mass is 10.2. The largest absolute Gasteiger partial charge is 0.462 e. The minimum atomic E-state index is -0.531. The van der Waals surface area contributed by atoms with E-state index in [1.165, 1.54) is 0 Å². The van der Waals surface area contributed by atoms with Gasteiger partial charge in [-0.05, 0) is 63.4 Å². The van der Waals surface area contributed by atoms with Gasteiger partial charge in [-0.25, -0.2) is 4.79 Å². The first-order valence-corrected chi connectivity index (χ1v) is 11.5. The summed E-state index contributed by atoms with van der Waals surface area (Å²) >= 11 is 12.5. The molecule has 1 fully saturated rings. The molecule has 32 heavy (non-hydrogen) atoms. The zero-order chi connectivity index (χ0) is 22.9. The average molecular weight is 476 g/mol. The Balaban J connectivity index is 1.55. The number of likely N-dealkylation sites (tertiary alicyclic amines) is 1. The molecular formula is C24H27Cl2N3O3. The molecule has 170 valence electrons. The number of fused-ring (bicyclic) bond motifs is 1. The maximum absolute atomic E-state index is 12.6. The minimum absolute atomic E-state index is 0.0581. The van der Waals surface area contributed by atoms with Crippen LogP contribution < -0.4 is 4.74 Å². The van der Waals surface area contributed by atoms with Crippen LogP contribution in [-0.4, -0.2) is 45.3 Å². The first-order chi connectivity index (χ1) is 15.2. The molecule has 2 aromatic carbocycles. The number of halogens is 2. The third-order valence-corrected chi connectivity index (χ3v) is 5.96. The molecule has 0 unspecified atom stereocenters. The number of amides is 1. The van der Waals surface area contributed by atoms with E-state index in [1.807, 2.05) is 61.7 Å². The van der Waals surface area contributed by atoms with Gasteiger partial charge in [0.1, 0.15) is 12.2 Å². The predicted molar refractivity (Wildman–Crippen MR) is 127 cm³/mol. The van der Waals surface area contributed by atoms with Crippen LogP contribution in [0.4, 0.5) is 4.79 Å². The lowest BCUT2D eigenvalue weighted by Crippen LogP contribution is -2.42. The Labute approximate surface area is 198 Å². The van der Waals surface area contributed by atoms with Crippen molar-refractivity contribution in [3.8, 4) is 6.01 Å². The highest BCUT2D eigenvalue weighted by atomic mass is 35.5. The Morgan fingerprint density at radius 3 is 2.72 bits per heavy atom. The van der Waals surface area contributed by atoms with Crippen molar-refractivity contribution in [2.45, 2.75) is 51.8 Å². The van der Waals surface area contributed by atoms with Crippen molar-refractivity contribution in [3.05, 3.63) is 58.1 Å². The number of hydrogen-bond acceptors (Lipinski definition) is 4. The SMILES string of the molecule is CC(C)(C)OC(=O)N1CCC[C@@H]1COc1nc2ccccc2n1Cc1ccc(Cl)cc1Cl. The molecule has 8 heteroatoms. The van der Waals surface area contributed by atoms with Crippen molar-refractivity contribution in [1.82, 2.24) is 14.5 Å². The normalized spacial score (nSPS) is 16.5. The van der Waals surface area contributed by atoms with Crippen LogP contribution in [0.1, 0.15) is 39.2 Å². The van der Waals surface area contributed by atoms with Crippen molar-refractivity contribution in [2.75, 3.05) is 13.2 Å². The summed E-state index contributed by atoms with van der Waals surface area (Å²) in [4.78, 5) is 19.0. The number of carbonyl (C=O) groups excluding carboxylic acids is 1. The van der Waals surface area contributed by atoms with E-state index in [0.717, 1.165) is 29.4 Å². The number of ether oxygens (including phenoxy) is 2. The van der Waals surface area contributed by atoms with E-state index < -0.39 is 5.60 Å². The first kappa shape index (κ1) is 22.7. The highest BCUT2D eigenvalue weighted by Crippen LogP contribution is 2.28. The summed E-state index contributed by atoms with van der Waals surface area (Å²) in [6.45, 7) is 7.12. The second kappa shape index (κ2) is 9.20. The maximum Gasteiger partial charge on any atom is 0.410 e. The van der Waals surface area contributed by atoms with E-state index >= 15 is 0 Å². The van der Waals surface area contributed by atoms with Crippen molar-refractivity contribution < 1.29 is 14.3 Å². The van der Waals surface area contributed by atoms with Crippen LogP contribution in [0.5, 0.6) is 6.01 Å². The predicted octanol–water partition coefficient (Wildman–Crippen LogP) is 6.17. The molecule has 0 radical (unpaired) electrons. The van der Waals surface area contributed by atoms with Gasteiger partial charge in [-0.1, -0.05) is 41.4 Å². The summed E-state index contributed by atoms with van der Waals surface area (Å²) in [7, 11) is 0. The number of aromatic nitrogens is 2. The van der Waals surface area contributed by atoms with Gasteiger partial charge >= 0.3 is 6.09 Å². The van der Waals surface area contributed by atoms with Crippen LogP contribution in [0, 0.1) is 0 Å². The van der Waals surface area contributed by atoms with Crippen molar-refractivity contribution in [1.29, 1.82) is 0 Å². The smallest absolute Gasteiger partial charge is 0.410 e. The summed E-state index contributed by atoms with van der Waals surface area (Å²) in [5.41, 5.74) is 2.17. The molecule has 0 bridgehead atoms. The van der Waals surface area contributed by atoms with Gasteiger partial charge in [-0.15, -0.1) is 0 Å². The Morgan fingerprint density at radius 1 is 1.19 bits per heavy atom. The van der Waals surface area contributed by atoms with Gasteiger partial charge in [0.2, 0.25) is 0 Å². The summed E-state index contributed by atoms with van der Waals surface area (Å²) < 4.78 is 13.7. The van der Waals surface area contributed by atoms with E-state index in [2.05, 4.69) is 4.98 Å². The van der Waals surface area contributed by atoms with Gasteiger partial charge < -0.3 is 14.4 Å². The monoisotopic (exact) mass is 475 g/mol. The van der Waals surface area contributed by atoms with Crippen LogP contribution in [0.3, 0.4) is 0 Å². The van der Waals surface area contributed by atoms with Crippen molar-refractivity contribution >= 4 is 40.3 Å². The molecule has 0 saturated carbocycles. The van der Waals surface area contributed by atoms with Crippen LogP contribution in [-0.2, 0) is 11.3 Å². The lowest BCUT2D eigenvalue weighted by molar-refractivity contribution is 0.0183. The van der Waals surface area contributed by atoms with Gasteiger partial charge in [0, 0.05) is 16.6 Å². The fraction of sp³-hybridized carbons (Fsp3) is 0.417. The number of rotatable bonds is 5. The van der Waals surface area contributed by atoms with Gasteiger partial charge in [-0.3, -0.25) is 4.57 Å². The van der Waals surface area contributed by atoms with E-state index in [4.69, 9.17) is 32.7 Å². The molecule has 0 spiro atoms. The Bertz CT molecular complexity index is 1120. The summed E-state index contributed by atoms with van der Waals surface area (Å²) in [6, 6.07) is 13.8. The van der Waals surface area contributed by atoms with Crippen molar-refractivity contribution in [2.24, 2.45) is 0 Å². The average Bonchev–Trinajstić information content (AvgIpc) is 3.32. The zero-order valence-electron chi connectivity index (χ0n) is 18.5. The molecule has 1 aromatic heterocycles. The number of imidazole rings is 1. The Morgan fingerprint density at radius 2 is 1.97 bits per heavy atom. The maximum atomic E-state index is 12.6. The number of nitrogens with zero attached hydrogens (tertiary/aromatic N) is 3. The van der Waals surface area contributed by atoms with E-state index in [1.54, 1.807) is 11.0 Å². The van der Waals surface area contributed by atoms with Gasteiger partial charge in [0.25, 0.3) is 6.01 Å². The molecule has 1 atom stereocenters. The second-order valence-corrected chi connectivity index (χ2v) is 9.83. The third-order valence-electron chi connectivity index (χ3n) is 5.37. The van der Waals surface area contributed by atoms with Crippen LogP contribution in [0.2, 0.25) is 10.0 Å². The molecule has 0 aliphatic carbocycles. The fourth-order valence-electron chi connectivity index (χ4n) is 3.88. The number of hydrogen-bond donors (Lipinski definition) is 0. The molecule has 1 saturated heterocycles. The molecule has 1 amide bonds. The van der Waals surface area contributed by atoms with Crippen molar-refractivity contribution in [3.63, 3.8) is 0 Å². The molecule has 2 heterocycles. The van der Waals surface area contributed by atoms with E-state index in [0.29, 0.717) is 35.8 Å². The highest BCUT2D eigenvalue weighted by molar-refractivity contribution is 6.35. The molecule has 0 N–H and O–H groups in total. The lowest BCUT2D eigenvalue weighted by Gasteiger charge is -2.28. The standard InChI is InChI=1S/C24H27Cl2N3O3/c1-24(2,3)32-23(30)28-12-6-7-18(28)15-31-22-27-20-8-4-5-9-21(20)29(22)14-16-10-11-17(25)13-19(16)26/h4-5,8-11,13,18H,6-7,12,14-15H2,1-3H3/t18-/m1/s1. The highest BCUT2D eigenvalue weighted by Gasteiger charge is 2.33. The third kappa shape index (κ3) is 5.13. The topological polar surface area (TPSA) is 56.6 Å². The number of benzene rings is 2. The molecule has 1 aliphatic heterocycles. The fourth-order valence-corrected chi connectivity index (χ4v) is 4.35. The van der Waals surface area contributed by atoms with Crippen LogP contribution >= 0.6 is 23.2 Å². The molecule has 1 aliphatic rings. The van der Waals surface area contributed by atoms with Gasteiger partial charge in [0.15, 0.2) is 0 Å². The summed E-state index contributed by atoms with van der Waals surface area (Å²) in [6.07, 6.45) is 1.48. The zero-order valence-corrected chi connectivity index (χ0v) is 20.0. The Hall–Kier alpha value is -2.44. The number of para-hydroxylation sites is 2. The quantitative estimate of drug-likeness (QED) is 0.442. The van der Waals surface area contributed by atoms with Gasteiger partial charge in [-0.2, -0.15) is 4.98 Å². The van der Waals surface area contributed by atoms with Crippen LogP contribution in [0.15, 0.2) is 42.5 Å².